The molecule has 0 aromatic rings. The molecule has 2 atom stereocenters. The van der Waals surface area contributed by atoms with Gasteiger partial charge in [0.25, 0.3) is 0 Å². The molecular formula is C12H22O2. The molecule has 0 amide bonds. The van der Waals surface area contributed by atoms with Crippen LogP contribution < -0.4 is 0 Å². The zero-order chi connectivity index (χ0) is 10.8. The van der Waals surface area contributed by atoms with E-state index in [9.17, 15) is 9.90 Å². The van der Waals surface area contributed by atoms with Gasteiger partial charge in [0, 0.05) is 12.3 Å². The molecule has 82 valence electrons. The molecule has 14 heavy (non-hydrogen) atoms. The molecule has 1 aliphatic rings. The second-order valence-corrected chi connectivity index (χ2v) is 5.20. The van der Waals surface area contributed by atoms with Crippen LogP contribution in [0.15, 0.2) is 0 Å². The third-order valence-corrected chi connectivity index (χ3v) is 3.41. The maximum absolute atomic E-state index is 11.7. The molecule has 0 aliphatic heterocycles. The van der Waals surface area contributed by atoms with Crippen molar-refractivity contribution in [2.24, 2.45) is 11.3 Å². The molecule has 0 saturated heterocycles. The lowest BCUT2D eigenvalue weighted by molar-refractivity contribution is -0.127. The number of hydrogen-bond donors (Lipinski definition) is 1. The summed E-state index contributed by atoms with van der Waals surface area (Å²) in [5, 5.41) is 9.76. The Morgan fingerprint density at radius 1 is 1.43 bits per heavy atom. The number of aliphatic hydroxyl groups excluding tert-OH is 1. The first-order chi connectivity index (χ1) is 6.47. The van der Waals surface area contributed by atoms with E-state index >= 15 is 0 Å². The van der Waals surface area contributed by atoms with Crippen LogP contribution in [0.25, 0.3) is 0 Å². The van der Waals surface area contributed by atoms with Crippen molar-refractivity contribution in [1.82, 2.24) is 0 Å². The van der Waals surface area contributed by atoms with Gasteiger partial charge in [0.2, 0.25) is 0 Å². The van der Waals surface area contributed by atoms with E-state index in [0.29, 0.717) is 12.2 Å². The van der Waals surface area contributed by atoms with Crippen LogP contribution in [-0.4, -0.2) is 17.0 Å². The summed E-state index contributed by atoms with van der Waals surface area (Å²) in [5.41, 5.74) is -0.0771. The van der Waals surface area contributed by atoms with Gasteiger partial charge in [-0.25, -0.2) is 0 Å². The van der Waals surface area contributed by atoms with Crippen molar-refractivity contribution in [2.75, 3.05) is 0 Å². The molecule has 0 bridgehead atoms. The summed E-state index contributed by atoms with van der Waals surface area (Å²) in [6.45, 7) is 6.16. The predicted octanol–water partition coefficient (Wildman–Crippen LogP) is 2.54. The zero-order valence-corrected chi connectivity index (χ0v) is 9.55. The molecule has 0 radical (unpaired) electrons. The lowest BCUT2D eigenvalue weighted by Crippen LogP contribution is -2.38. The molecule has 0 heterocycles. The maximum atomic E-state index is 11.7. The summed E-state index contributed by atoms with van der Waals surface area (Å²) in [6.07, 6.45) is 3.94. The van der Waals surface area contributed by atoms with Gasteiger partial charge in [-0.1, -0.05) is 20.8 Å². The molecule has 0 aromatic carbocycles. The smallest absolute Gasteiger partial charge is 0.135 e. The molecule has 0 spiro atoms. The first-order valence-electron chi connectivity index (χ1n) is 5.68. The van der Waals surface area contributed by atoms with E-state index in [4.69, 9.17) is 0 Å². The molecule has 2 heteroatoms. The van der Waals surface area contributed by atoms with Gasteiger partial charge in [-0.3, -0.25) is 4.79 Å². The van der Waals surface area contributed by atoms with E-state index in [-0.39, 0.29) is 17.4 Å². The first-order valence-corrected chi connectivity index (χ1v) is 5.68. The molecule has 1 saturated carbocycles. The Kier molecular flexibility index (Phi) is 3.71. The van der Waals surface area contributed by atoms with Crippen molar-refractivity contribution in [3.8, 4) is 0 Å². The Labute approximate surface area is 86.7 Å². The van der Waals surface area contributed by atoms with E-state index in [0.717, 1.165) is 25.7 Å². The van der Waals surface area contributed by atoms with Crippen LogP contribution in [-0.2, 0) is 4.79 Å². The second kappa shape index (κ2) is 4.43. The number of carbonyl (C=O) groups excluding carboxylic acids is 1. The SMILES string of the molecule is CCCC(=O)C1CCC(O)C(C)(C)C1. The number of carbonyl (C=O) groups is 1. The summed E-state index contributed by atoms with van der Waals surface area (Å²) < 4.78 is 0. The highest BCUT2D eigenvalue weighted by Gasteiger charge is 2.37. The highest BCUT2D eigenvalue weighted by Crippen LogP contribution is 2.39. The largest absolute Gasteiger partial charge is 0.393 e. The lowest BCUT2D eigenvalue weighted by Gasteiger charge is -2.39. The van der Waals surface area contributed by atoms with Crippen molar-refractivity contribution in [3.05, 3.63) is 0 Å². The van der Waals surface area contributed by atoms with Gasteiger partial charge in [-0.15, -0.1) is 0 Å². The summed E-state index contributed by atoms with van der Waals surface area (Å²) in [7, 11) is 0. The molecular weight excluding hydrogens is 176 g/mol. The Hall–Kier alpha value is -0.370. The van der Waals surface area contributed by atoms with Crippen LogP contribution in [0.2, 0.25) is 0 Å². The van der Waals surface area contributed by atoms with Gasteiger partial charge in [-0.2, -0.15) is 0 Å². The number of aliphatic hydroxyl groups is 1. The fourth-order valence-corrected chi connectivity index (χ4v) is 2.35. The fraction of sp³-hybridized carbons (Fsp3) is 0.917. The quantitative estimate of drug-likeness (QED) is 0.756. The van der Waals surface area contributed by atoms with E-state index in [1.807, 2.05) is 6.92 Å². The topological polar surface area (TPSA) is 37.3 Å². The molecule has 1 rings (SSSR count). The third-order valence-electron chi connectivity index (χ3n) is 3.41. The molecule has 1 N–H and O–H groups in total. The minimum atomic E-state index is -0.229. The minimum Gasteiger partial charge on any atom is -0.393 e. The second-order valence-electron chi connectivity index (χ2n) is 5.20. The van der Waals surface area contributed by atoms with Crippen molar-refractivity contribution in [3.63, 3.8) is 0 Å². The van der Waals surface area contributed by atoms with E-state index in [2.05, 4.69) is 13.8 Å². The molecule has 1 fully saturated rings. The van der Waals surface area contributed by atoms with Crippen molar-refractivity contribution < 1.29 is 9.90 Å². The van der Waals surface area contributed by atoms with Crippen LogP contribution in [0.3, 0.4) is 0 Å². The van der Waals surface area contributed by atoms with Gasteiger partial charge in [0.1, 0.15) is 5.78 Å². The number of hydrogen-bond acceptors (Lipinski definition) is 2. The van der Waals surface area contributed by atoms with Gasteiger partial charge in [0.05, 0.1) is 6.10 Å². The Balaban J connectivity index is 2.55. The summed E-state index contributed by atoms with van der Waals surface area (Å²) in [6, 6.07) is 0. The van der Waals surface area contributed by atoms with Gasteiger partial charge in [-0.05, 0) is 31.1 Å². The highest BCUT2D eigenvalue weighted by molar-refractivity contribution is 5.81. The van der Waals surface area contributed by atoms with Gasteiger partial charge < -0.3 is 5.11 Å². The van der Waals surface area contributed by atoms with Crippen LogP contribution in [0.1, 0.15) is 52.9 Å². The van der Waals surface area contributed by atoms with Crippen molar-refractivity contribution in [2.45, 2.75) is 59.0 Å². The Bertz CT molecular complexity index is 208. The Morgan fingerprint density at radius 2 is 2.07 bits per heavy atom. The summed E-state index contributed by atoms with van der Waals surface area (Å²) >= 11 is 0. The van der Waals surface area contributed by atoms with Crippen LogP contribution >= 0.6 is 0 Å². The average Bonchev–Trinajstić information content (AvgIpc) is 2.10. The molecule has 2 nitrogen and oxygen atoms in total. The monoisotopic (exact) mass is 198 g/mol. The summed E-state index contributed by atoms with van der Waals surface area (Å²) in [4.78, 5) is 11.7. The van der Waals surface area contributed by atoms with E-state index in [1.165, 1.54) is 0 Å². The van der Waals surface area contributed by atoms with Crippen LogP contribution in [0, 0.1) is 11.3 Å². The van der Waals surface area contributed by atoms with Crippen LogP contribution in [0.5, 0.6) is 0 Å². The lowest BCUT2D eigenvalue weighted by atomic mass is 9.68. The van der Waals surface area contributed by atoms with E-state index < -0.39 is 0 Å². The molecule has 1 aliphatic carbocycles. The first kappa shape index (κ1) is 11.7. The Morgan fingerprint density at radius 3 is 2.57 bits per heavy atom. The maximum Gasteiger partial charge on any atom is 0.135 e. The van der Waals surface area contributed by atoms with Crippen molar-refractivity contribution >= 4 is 5.78 Å². The predicted molar refractivity (Wildman–Crippen MR) is 57.0 cm³/mol. The number of ketones is 1. The average molecular weight is 198 g/mol. The van der Waals surface area contributed by atoms with E-state index in [1.54, 1.807) is 0 Å². The van der Waals surface area contributed by atoms with Gasteiger partial charge in [0.15, 0.2) is 0 Å². The standard InChI is InChI=1S/C12H22O2/c1-4-5-10(13)9-6-7-11(14)12(2,3)8-9/h9,11,14H,4-8H2,1-3H3. The van der Waals surface area contributed by atoms with Gasteiger partial charge >= 0.3 is 0 Å². The number of Topliss-reactive ketones (excluding diaryl/α,β-unsaturated/α-hetero) is 1. The normalized spacial score (nSPS) is 31.4. The number of rotatable bonds is 3. The minimum absolute atomic E-state index is 0.0771. The van der Waals surface area contributed by atoms with Crippen molar-refractivity contribution in [1.29, 1.82) is 0 Å². The fourth-order valence-electron chi connectivity index (χ4n) is 2.35. The molecule has 0 aromatic heterocycles. The zero-order valence-electron chi connectivity index (χ0n) is 9.55. The highest BCUT2D eigenvalue weighted by atomic mass is 16.3. The summed E-state index contributed by atoms with van der Waals surface area (Å²) in [5.74, 6) is 0.598. The molecule has 2 unspecified atom stereocenters. The third kappa shape index (κ3) is 2.57. The van der Waals surface area contributed by atoms with Crippen LogP contribution in [0.4, 0.5) is 0 Å².